The minimum Gasteiger partial charge on any atom is -0.355 e. The SMILES string of the molecule is O=C(CSc1ncnc2nc(N3CCc4ccccc4C3)sc12)NCCc1ccccc1. The summed E-state index contributed by atoms with van der Waals surface area (Å²) in [7, 11) is 0. The second kappa shape index (κ2) is 9.67. The number of fused-ring (bicyclic) bond motifs is 2. The number of anilines is 1. The summed E-state index contributed by atoms with van der Waals surface area (Å²) in [4.78, 5) is 28.2. The summed E-state index contributed by atoms with van der Waals surface area (Å²) in [5, 5.41) is 4.77. The van der Waals surface area contributed by atoms with Gasteiger partial charge < -0.3 is 10.2 Å². The topological polar surface area (TPSA) is 71.0 Å². The molecule has 1 aliphatic rings. The molecule has 2 aromatic carbocycles. The molecule has 3 heterocycles. The zero-order chi connectivity index (χ0) is 21.8. The Kier molecular flexibility index (Phi) is 6.31. The normalized spacial score (nSPS) is 13.2. The molecule has 0 saturated heterocycles. The maximum absolute atomic E-state index is 12.3. The number of thioether (sulfide) groups is 1. The molecule has 0 aliphatic carbocycles. The van der Waals surface area contributed by atoms with E-state index in [9.17, 15) is 4.79 Å². The van der Waals surface area contributed by atoms with Crippen LogP contribution in [0.2, 0.25) is 0 Å². The number of benzene rings is 2. The van der Waals surface area contributed by atoms with Crippen LogP contribution in [0.15, 0.2) is 66.0 Å². The van der Waals surface area contributed by atoms with E-state index >= 15 is 0 Å². The molecule has 32 heavy (non-hydrogen) atoms. The largest absolute Gasteiger partial charge is 0.355 e. The first kappa shape index (κ1) is 20.9. The van der Waals surface area contributed by atoms with Crippen LogP contribution in [-0.2, 0) is 24.2 Å². The number of thiazole rings is 1. The fraction of sp³-hybridized carbons (Fsp3) is 0.250. The highest BCUT2D eigenvalue weighted by Crippen LogP contribution is 2.35. The molecule has 1 aliphatic heterocycles. The third-order valence-corrected chi connectivity index (χ3v) is 7.70. The Labute approximate surface area is 195 Å². The Hall–Kier alpha value is -2.97. The Bertz CT molecular complexity index is 1230. The number of nitrogens with zero attached hydrogens (tertiary/aromatic N) is 4. The molecule has 0 radical (unpaired) electrons. The predicted molar refractivity (Wildman–Crippen MR) is 130 cm³/mol. The molecule has 1 amide bonds. The van der Waals surface area contributed by atoms with Gasteiger partial charge in [0.2, 0.25) is 5.91 Å². The smallest absolute Gasteiger partial charge is 0.230 e. The van der Waals surface area contributed by atoms with Gasteiger partial charge in [-0.25, -0.2) is 9.97 Å². The molecular formula is C24H23N5OS2. The maximum atomic E-state index is 12.3. The monoisotopic (exact) mass is 461 g/mol. The van der Waals surface area contributed by atoms with Crippen LogP contribution in [0, 0.1) is 0 Å². The summed E-state index contributed by atoms with van der Waals surface area (Å²) >= 11 is 3.05. The zero-order valence-electron chi connectivity index (χ0n) is 17.5. The minimum atomic E-state index is 0.00932. The van der Waals surface area contributed by atoms with Crippen LogP contribution in [0.4, 0.5) is 5.13 Å². The molecule has 2 aromatic heterocycles. The van der Waals surface area contributed by atoms with E-state index < -0.39 is 0 Å². The lowest BCUT2D eigenvalue weighted by Gasteiger charge is -2.28. The molecule has 5 rings (SSSR count). The van der Waals surface area contributed by atoms with E-state index in [1.54, 1.807) is 11.3 Å². The quantitative estimate of drug-likeness (QED) is 0.330. The van der Waals surface area contributed by atoms with Gasteiger partial charge in [0.05, 0.1) is 5.75 Å². The third kappa shape index (κ3) is 4.76. The molecule has 1 N–H and O–H groups in total. The summed E-state index contributed by atoms with van der Waals surface area (Å²) in [5.74, 6) is 0.334. The first-order chi connectivity index (χ1) is 15.8. The van der Waals surface area contributed by atoms with Gasteiger partial charge in [0.25, 0.3) is 0 Å². The number of hydrogen-bond acceptors (Lipinski definition) is 7. The number of amides is 1. The molecule has 162 valence electrons. The van der Waals surface area contributed by atoms with Crippen molar-refractivity contribution < 1.29 is 4.79 Å². The van der Waals surface area contributed by atoms with Crippen molar-refractivity contribution in [1.82, 2.24) is 20.3 Å². The van der Waals surface area contributed by atoms with Crippen LogP contribution < -0.4 is 10.2 Å². The third-order valence-electron chi connectivity index (χ3n) is 5.47. The molecule has 8 heteroatoms. The number of hydrogen-bond donors (Lipinski definition) is 1. The molecule has 4 aromatic rings. The summed E-state index contributed by atoms with van der Waals surface area (Å²) in [6, 6.07) is 18.7. The lowest BCUT2D eigenvalue weighted by atomic mass is 10.0. The van der Waals surface area contributed by atoms with Crippen LogP contribution >= 0.6 is 23.1 Å². The summed E-state index contributed by atoms with van der Waals surface area (Å²) in [5.41, 5.74) is 4.69. The van der Waals surface area contributed by atoms with Crippen molar-refractivity contribution >= 4 is 44.5 Å². The van der Waals surface area contributed by atoms with E-state index in [0.717, 1.165) is 40.8 Å². The predicted octanol–water partition coefficient (Wildman–Crippen LogP) is 4.10. The van der Waals surface area contributed by atoms with Gasteiger partial charge in [0.1, 0.15) is 16.1 Å². The number of aromatic nitrogens is 3. The Balaban J connectivity index is 1.21. The van der Waals surface area contributed by atoms with Crippen molar-refractivity contribution in [2.75, 3.05) is 23.7 Å². The van der Waals surface area contributed by atoms with E-state index in [-0.39, 0.29) is 5.91 Å². The summed E-state index contributed by atoms with van der Waals surface area (Å²) < 4.78 is 0.948. The number of carbonyl (C=O) groups excluding carboxylic acids is 1. The molecule has 0 atom stereocenters. The minimum absolute atomic E-state index is 0.00932. The molecule has 0 unspecified atom stereocenters. The molecule has 6 nitrogen and oxygen atoms in total. The molecule has 0 saturated carbocycles. The highest BCUT2D eigenvalue weighted by molar-refractivity contribution is 8.00. The average Bonchev–Trinajstić information content (AvgIpc) is 3.28. The van der Waals surface area contributed by atoms with E-state index in [0.29, 0.717) is 17.9 Å². The van der Waals surface area contributed by atoms with Crippen LogP contribution in [0.1, 0.15) is 16.7 Å². The molecule has 0 spiro atoms. The fourth-order valence-electron chi connectivity index (χ4n) is 3.80. The zero-order valence-corrected chi connectivity index (χ0v) is 19.2. The van der Waals surface area contributed by atoms with E-state index in [1.165, 1.54) is 34.8 Å². The molecular weight excluding hydrogens is 438 g/mol. The van der Waals surface area contributed by atoms with Crippen LogP contribution in [0.3, 0.4) is 0 Å². The summed E-state index contributed by atoms with van der Waals surface area (Å²) in [6.07, 6.45) is 3.38. The maximum Gasteiger partial charge on any atom is 0.230 e. The van der Waals surface area contributed by atoms with Crippen molar-refractivity contribution in [2.45, 2.75) is 24.4 Å². The molecule has 0 bridgehead atoms. The van der Waals surface area contributed by atoms with Crippen molar-refractivity contribution in [1.29, 1.82) is 0 Å². The van der Waals surface area contributed by atoms with E-state index in [4.69, 9.17) is 4.98 Å². The van der Waals surface area contributed by atoms with Gasteiger partial charge in [-0.15, -0.1) is 0 Å². The number of rotatable bonds is 7. The average molecular weight is 462 g/mol. The van der Waals surface area contributed by atoms with Crippen molar-refractivity contribution in [3.05, 3.63) is 77.6 Å². The van der Waals surface area contributed by atoms with Crippen molar-refractivity contribution in [2.24, 2.45) is 0 Å². The lowest BCUT2D eigenvalue weighted by molar-refractivity contribution is -0.118. The number of carbonyl (C=O) groups is 1. The van der Waals surface area contributed by atoms with Gasteiger partial charge in [0.15, 0.2) is 10.8 Å². The van der Waals surface area contributed by atoms with Crippen LogP contribution in [0.25, 0.3) is 10.3 Å². The van der Waals surface area contributed by atoms with Gasteiger partial charge >= 0.3 is 0 Å². The first-order valence-electron chi connectivity index (χ1n) is 10.6. The van der Waals surface area contributed by atoms with Gasteiger partial charge in [-0.1, -0.05) is 77.7 Å². The van der Waals surface area contributed by atoms with Crippen LogP contribution in [0.5, 0.6) is 0 Å². The second-order valence-electron chi connectivity index (χ2n) is 7.64. The van der Waals surface area contributed by atoms with Gasteiger partial charge in [-0.3, -0.25) is 4.79 Å². The lowest BCUT2D eigenvalue weighted by Crippen LogP contribution is -2.30. The van der Waals surface area contributed by atoms with E-state index in [2.05, 4.69) is 56.6 Å². The highest BCUT2D eigenvalue weighted by atomic mass is 32.2. The second-order valence-corrected chi connectivity index (χ2v) is 9.58. The van der Waals surface area contributed by atoms with E-state index in [1.807, 2.05) is 18.2 Å². The summed E-state index contributed by atoms with van der Waals surface area (Å²) in [6.45, 7) is 2.43. The first-order valence-corrected chi connectivity index (χ1v) is 12.4. The fourth-order valence-corrected chi connectivity index (χ4v) is 5.74. The van der Waals surface area contributed by atoms with Crippen LogP contribution in [-0.4, -0.2) is 39.7 Å². The number of nitrogens with one attached hydrogen (secondary N) is 1. The Morgan fingerprint density at radius 2 is 1.88 bits per heavy atom. The van der Waals surface area contributed by atoms with Gasteiger partial charge in [0, 0.05) is 19.6 Å². The van der Waals surface area contributed by atoms with Crippen molar-refractivity contribution in [3.63, 3.8) is 0 Å². The van der Waals surface area contributed by atoms with Gasteiger partial charge in [-0.05, 0) is 29.5 Å². The van der Waals surface area contributed by atoms with Gasteiger partial charge in [-0.2, -0.15) is 4.98 Å². The highest BCUT2D eigenvalue weighted by Gasteiger charge is 2.21. The van der Waals surface area contributed by atoms with Crippen molar-refractivity contribution in [3.8, 4) is 0 Å². The standard InChI is InChI=1S/C24H23N5OS2/c30-20(25-12-10-17-6-2-1-3-7-17)15-31-23-21-22(26-16-27-23)28-24(32-21)29-13-11-18-8-4-5-9-19(18)14-29/h1-9,16H,10-15H2,(H,25,30). The molecule has 0 fully saturated rings. The Morgan fingerprint density at radius 3 is 2.75 bits per heavy atom. The Morgan fingerprint density at radius 1 is 1.06 bits per heavy atom.